The third-order valence-corrected chi connectivity index (χ3v) is 0.326. The van der Waals surface area contributed by atoms with Crippen LogP contribution in [0.3, 0.4) is 0 Å². The van der Waals surface area contributed by atoms with Gasteiger partial charge in [0.15, 0.2) is 0 Å². The minimum Gasteiger partial charge on any atom is -0.412 e. The van der Waals surface area contributed by atoms with E-state index in [2.05, 4.69) is 21.4 Å². The highest BCUT2D eigenvalue weighted by molar-refractivity contribution is 5.70. The van der Waals surface area contributed by atoms with Gasteiger partial charge in [0.1, 0.15) is 0 Å². The molecule has 66 valence electrons. The second-order valence-corrected chi connectivity index (χ2v) is 1.10. The maximum absolute atomic E-state index is 9.81. The van der Waals surface area contributed by atoms with Crippen LogP contribution in [0.4, 0.5) is 9.59 Å². The summed E-state index contributed by atoms with van der Waals surface area (Å²) >= 11 is 0. The monoisotopic (exact) mass is 168 g/mol. The van der Waals surface area contributed by atoms with Crippen molar-refractivity contribution in [1.82, 2.24) is 11.0 Å². The van der Waals surface area contributed by atoms with Gasteiger partial charge in [0, 0.05) is 0 Å². The Morgan fingerprint density at radius 2 is 1.27 bits per heavy atom. The van der Waals surface area contributed by atoms with Crippen LogP contribution >= 0.6 is 0 Å². The Morgan fingerprint density at radius 3 is 1.45 bits per heavy atom. The predicted molar refractivity (Wildman–Crippen MR) is 31.2 cm³/mol. The number of amides is 4. The van der Waals surface area contributed by atoms with Crippen molar-refractivity contribution in [2.75, 3.05) is 0 Å². The zero-order valence-corrected chi connectivity index (χ0v) is 5.29. The molecule has 0 aromatic heterocycles. The topological polar surface area (TPSA) is 160 Å². The van der Waals surface area contributed by atoms with Crippen LogP contribution in [-0.4, -0.2) is 17.5 Å². The zero-order valence-electron chi connectivity index (χ0n) is 5.29. The first-order chi connectivity index (χ1) is 4.63. The molecular formula is C2H8N4O5. The molecular weight excluding hydrogens is 160 g/mol. The molecule has 0 aliphatic rings. The molecule has 9 heteroatoms. The smallest absolute Gasteiger partial charge is 0.338 e. The van der Waals surface area contributed by atoms with E-state index in [1.165, 1.54) is 0 Å². The van der Waals surface area contributed by atoms with E-state index in [4.69, 9.17) is 0 Å². The highest BCUT2D eigenvalue weighted by Crippen LogP contribution is 1.64. The lowest BCUT2D eigenvalue weighted by molar-refractivity contribution is -0.351. The molecule has 0 aromatic rings. The molecule has 8 N–H and O–H groups in total. The van der Waals surface area contributed by atoms with Gasteiger partial charge in [-0.05, 0) is 0 Å². The summed E-state index contributed by atoms with van der Waals surface area (Å²) in [6.07, 6.45) is 0. The van der Waals surface area contributed by atoms with E-state index >= 15 is 0 Å². The van der Waals surface area contributed by atoms with Gasteiger partial charge < -0.3 is 16.9 Å². The average Bonchev–Trinajstić information content (AvgIpc) is 1.79. The van der Waals surface area contributed by atoms with Gasteiger partial charge in [-0.2, -0.15) is 11.0 Å². The standard InChI is InChI=1S/C2H6N4O4.H2O/c3-1(7)5-9-10-6-2(4)8;/h(H3,3,5,7)(H3,4,6,8);1H2. The summed E-state index contributed by atoms with van der Waals surface area (Å²) in [6.45, 7) is 0. The fraction of sp³-hybridized carbons (Fsp3) is 0. The number of nitrogens with one attached hydrogen (secondary N) is 2. The number of hydrogen-bond acceptors (Lipinski definition) is 4. The lowest BCUT2D eigenvalue weighted by Crippen LogP contribution is -2.35. The molecule has 0 saturated carbocycles. The van der Waals surface area contributed by atoms with Gasteiger partial charge in [-0.3, -0.25) is 0 Å². The predicted octanol–water partition coefficient (Wildman–Crippen LogP) is -2.72. The summed E-state index contributed by atoms with van der Waals surface area (Å²) in [5, 5.41) is 0. The van der Waals surface area contributed by atoms with Crippen molar-refractivity contribution in [3.8, 4) is 0 Å². The summed E-state index contributed by atoms with van der Waals surface area (Å²) in [5.41, 5.74) is 12.1. The Labute approximate surface area is 60.8 Å². The van der Waals surface area contributed by atoms with Crippen molar-refractivity contribution in [3.63, 3.8) is 0 Å². The average molecular weight is 168 g/mol. The Kier molecular flexibility index (Phi) is 7.21. The molecule has 0 radical (unpaired) electrons. The molecule has 0 bridgehead atoms. The Balaban J connectivity index is 0. The van der Waals surface area contributed by atoms with Crippen LogP contribution in [0, 0.1) is 0 Å². The quantitative estimate of drug-likeness (QED) is 0.204. The van der Waals surface area contributed by atoms with Crippen LogP contribution < -0.4 is 22.4 Å². The van der Waals surface area contributed by atoms with Gasteiger partial charge >= 0.3 is 12.1 Å². The first-order valence-corrected chi connectivity index (χ1v) is 2.06. The number of carbonyl (C=O) groups excluding carboxylic acids is 2. The van der Waals surface area contributed by atoms with Gasteiger partial charge in [0.05, 0.1) is 0 Å². The van der Waals surface area contributed by atoms with E-state index in [1.807, 2.05) is 0 Å². The van der Waals surface area contributed by atoms with Crippen molar-refractivity contribution in [2.24, 2.45) is 11.5 Å². The fourth-order valence-electron chi connectivity index (χ4n) is 0.124. The SMILES string of the molecule is NC(=O)NOONC(N)=O.O. The summed E-state index contributed by atoms with van der Waals surface area (Å²) < 4.78 is 0. The van der Waals surface area contributed by atoms with Gasteiger partial charge in [0.2, 0.25) is 0 Å². The summed E-state index contributed by atoms with van der Waals surface area (Å²) in [6, 6.07) is -1.93. The van der Waals surface area contributed by atoms with Crippen LogP contribution in [0.25, 0.3) is 0 Å². The Morgan fingerprint density at radius 1 is 1.00 bits per heavy atom. The van der Waals surface area contributed by atoms with Gasteiger partial charge in [-0.15, -0.1) is 0 Å². The third-order valence-electron chi connectivity index (χ3n) is 0.326. The Hall–Kier alpha value is -1.58. The second kappa shape index (κ2) is 6.54. The molecule has 0 unspecified atom stereocenters. The molecule has 0 heterocycles. The zero-order chi connectivity index (χ0) is 7.98. The van der Waals surface area contributed by atoms with Crippen molar-refractivity contribution < 1.29 is 25.0 Å². The van der Waals surface area contributed by atoms with Gasteiger partial charge in [0.25, 0.3) is 0 Å². The molecule has 0 atom stereocenters. The molecule has 4 amide bonds. The molecule has 0 spiro atoms. The maximum atomic E-state index is 9.81. The van der Waals surface area contributed by atoms with Crippen LogP contribution in [0.15, 0.2) is 0 Å². The minimum atomic E-state index is -0.966. The van der Waals surface area contributed by atoms with E-state index in [1.54, 1.807) is 11.0 Å². The number of rotatable bonds is 3. The molecule has 9 nitrogen and oxygen atoms in total. The first kappa shape index (κ1) is 12.1. The molecule has 11 heavy (non-hydrogen) atoms. The summed E-state index contributed by atoms with van der Waals surface area (Å²) in [4.78, 5) is 27.2. The molecule has 0 aliphatic heterocycles. The molecule has 0 rings (SSSR count). The Bertz CT molecular complexity index is 120. The van der Waals surface area contributed by atoms with Gasteiger partial charge in [-0.25, -0.2) is 9.59 Å². The van der Waals surface area contributed by atoms with Crippen LogP contribution in [0.5, 0.6) is 0 Å². The molecule has 0 aromatic carbocycles. The largest absolute Gasteiger partial charge is 0.412 e. The number of urea groups is 2. The van der Waals surface area contributed by atoms with Crippen LogP contribution in [0.2, 0.25) is 0 Å². The third kappa shape index (κ3) is 11.8. The first-order valence-electron chi connectivity index (χ1n) is 2.06. The van der Waals surface area contributed by atoms with E-state index in [-0.39, 0.29) is 5.48 Å². The van der Waals surface area contributed by atoms with E-state index < -0.39 is 12.1 Å². The summed E-state index contributed by atoms with van der Waals surface area (Å²) in [7, 11) is 0. The number of hydrogen-bond donors (Lipinski definition) is 4. The van der Waals surface area contributed by atoms with Crippen molar-refractivity contribution in [3.05, 3.63) is 0 Å². The van der Waals surface area contributed by atoms with Crippen molar-refractivity contribution >= 4 is 12.1 Å². The second-order valence-electron chi connectivity index (χ2n) is 1.10. The van der Waals surface area contributed by atoms with E-state index in [0.29, 0.717) is 0 Å². The lowest BCUT2D eigenvalue weighted by atomic mass is 11.2. The van der Waals surface area contributed by atoms with Crippen LogP contribution in [0.1, 0.15) is 0 Å². The molecule has 0 aliphatic carbocycles. The lowest BCUT2D eigenvalue weighted by Gasteiger charge is -1.99. The summed E-state index contributed by atoms with van der Waals surface area (Å²) in [5.74, 6) is 0. The van der Waals surface area contributed by atoms with E-state index in [9.17, 15) is 9.59 Å². The number of carbonyl (C=O) groups is 2. The number of nitrogens with two attached hydrogens (primary N) is 2. The number of primary amides is 2. The van der Waals surface area contributed by atoms with Crippen LogP contribution in [-0.2, 0) is 9.98 Å². The highest BCUT2D eigenvalue weighted by atomic mass is 17.3. The normalized spacial score (nSPS) is 7.64. The molecule has 0 fully saturated rings. The number of hydroxylamine groups is 2. The molecule has 0 saturated heterocycles. The fourth-order valence-corrected chi connectivity index (χ4v) is 0.124. The maximum Gasteiger partial charge on any atom is 0.338 e. The van der Waals surface area contributed by atoms with Crippen molar-refractivity contribution in [1.29, 1.82) is 0 Å². The highest BCUT2D eigenvalue weighted by Gasteiger charge is 1.92. The van der Waals surface area contributed by atoms with Gasteiger partial charge in [-0.1, -0.05) is 9.98 Å². The van der Waals surface area contributed by atoms with E-state index in [0.717, 1.165) is 0 Å². The minimum absolute atomic E-state index is 0. The van der Waals surface area contributed by atoms with Crippen molar-refractivity contribution in [2.45, 2.75) is 0 Å².